The summed E-state index contributed by atoms with van der Waals surface area (Å²) in [6.45, 7) is 4.10. The fourth-order valence-corrected chi connectivity index (χ4v) is 5.59. The Kier molecular flexibility index (Phi) is 9.18. The Balaban J connectivity index is 1.64. The molecule has 1 saturated heterocycles. The lowest BCUT2D eigenvalue weighted by molar-refractivity contribution is -0.153. The van der Waals surface area contributed by atoms with Gasteiger partial charge in [-0.15, -0.1) is 0 Å². The van der Waals surface area contributed by atoms with Crippen LogP contribution in [0.2, 0.25) is 0 Å². The Bertz CT molecular complexity index is 573. The van der Waals surface area contributed by atoms with E-state index >= 15 is 0 Å². The largest absolute Gasteiger partial charge is 0.494 e. The zero-order valence-electron chi connectivity index (χ0n) is 15.4. The molecule has 26 heavy (non-hydrogen) atoms. The maximum absolute atomic E-state index is 12.1. The molecule has 2 rings (SSSR count). The van der Waals surface area contributed by atoms with Crippen LogP contribution in [0.15, 0.2) is 24.3 Å². The third-order valence-corrected chi connectivity index (χ3v) is 7.00. The van der Waals surface area contributed by atoms with Crippen LogP contribution in [0.4, 0.5) is 5.69 Å². The van der Waals surface area contributed by atoms with Crippen LogP contribution in [0.1, 0.15) is 46.0 Å². The summed E-state index contributed by atoms with van der Waals surface area (Å²) in [7, 11) is 3.90. The van der Waals surface area contributed by atoms with Gasteiger partial charge in [0.05, 0.1) is 6.61 Å². The predicted molar refractivity (Wildman–Crippen MR) is 109 cm³/mol. The minimum Gasteiger partial charge on any atom is -0.494 e. The first kappa shape index (κ1) is 21.0. The van der Waals surface area contributed by atoms with Crippen molar-refractivity contribution in [1.29, 1.82) is 0 Å². The third kappa shape index (κ3) is 7.50. The molecule has 0 saturated carbocycles. The molecule has 1 aromatic carbocycles. The molecule has 1 aliphatic heterocycles. The fraction of sp³-hybridized carbons (Fsp3) is 0.579. The van der Waals surface area contributed by atoms with Crippen LogP contribution >= 0.6 is 21.6 Å². The molecular weight excluding hydrogens is 370 g/mol. The average Bonchev–Trinajstić information content (AvgIpc) is 3.14. The van der Waals surface area contributed by atoms with Gasteiger partial charge in [0.25, 0.3) is 5.91 Å². The summed E-state index contributed by atoms with van der Waals surface area (Å²) in [5.74, 6) is 1.34. The molecule has 0 aliphatic carbocycles. The van der Waals surface area contributed by atoms with Crippen molar-refractivity contribution in [2.75, 3.05) is 17.7 Å². The number of unbranched alkanes of at least 4 members (excludes halogenated alkanes) is 1. The summed E-state index contributed by atoms with van der Waals surface area (Å²) in [6, 6.07) is 7.10. The second-order valence-corrected chi connectivity index (χ2v) is 8.94. The fourth-order valence-electron chi connectivity index (χ4n) is 2.56. The molecule has 1 fully saturated rings. The topological polar surface area (TPSA) is 64.6 Å². The van der Waals surface area contributed by atoms with Gasteiger partial charge in [-0.25, -0.2) is 0 Å². The summed E-state index contributed by atoms with van der Waals surface area (Å²) >= 11 is 0. The highest BCUT2D eigenvalue weighted by Gasteiger charge is 2.19. The van der Waals surface area contributed by atoms with E-state index in [0.717, 1.165) is 30.3 Å². The highest BCUT2D eigenvalue weighted by Crippen LogP contribution is 2.39. The van der Waals surface area contributed by atoms with E-state index < -0.39 is 6.10 Å². The van der Waals surface area contributed by atoms with E-state index in [4.69, 9.17) is 9.47 Å². The molecule has 0 aromatic heterocycles. The first-order chi connectivity index (χ1) is 12.6. The maximum Gasteiger partial charge on any atom is 0.306 e. The van der Waals surface area contributed by atoms with Crippen LogP contribution in [-0.4, -0.2) is 35.6 Å². The van der Waals surface area contributed by atoms with Gasteiger partial charge in [0.1, 0.15) is 5.75 Å². The Morgan fingerprint density at radius 2 is 2.04 bits per heavy atom. The molecule has 0 radical (unpaired) electrons. The second-order valence-electron chi connectivity index (χ2n) is 6.15. The average molecular weight is 398 g/mol. The van der Waals surface area contributed by atoms with E-state index in [0.29, 0.717) is 18.7 Å². The standard InChI is InChI=1S/C19H27NO4S2/c1-3-23-16-10-8-15(9-11-16)20-19(22)14(2)24-18(21)7-5-4-6-17-12-13-25-26-17/h8-11,14,17H,3-7,12-13H2,1-2H3,(H,20,22)/t14-,17+/m1/s1. The lowest BCUT2D eigenvalue weighted by atomic mass is 10.1. The molecule has 2 atom stereocenters. The summed E-state index contributed by atoms with van der Waals surface area (Å²) in [6.07, 6.45) is 3.82. The minimum absolute atomic E-state index is 0.312. The monoisotopic (exact) mass is 397 g/mol. The van der Waals surface area contributed by atoms with Gasteiger partial charge in [-0.2, -0.15) is 0 Å². The van der Waals surface area contributed by atoms with Gasteiger partial charge in [0.2, 0.25) is 0 Å². The quantitative estimate of drug-likeness (QED) is 0.352. The van der Waals surface area contributed by atoms with Crippen LogP contribution in [0.5, 0.6) is 5.75 Å². The number of carbonyl (C=O) groups excluding carboxylic acids is 2. The van der Waals surface area contributed by atoms with E-state index in [9.17, 15) is 9.59 Å². The van der Waals surface area contributed by atoms with Gasteiger partial charge >= 0.3 is 5.97 Å². The number of amides is 1. The molecular formula is C19H27NO4S2. The smallest absolute Gasteiger partial charge is 0.306 e. The van der Waals surface area contributed by atoms with E-state index in [2.05, 4.69) is 5.32 Å². The molecule has 0 unspecified atom stereocenters. The number of nitrogens with one attached hydrogen (secondary N) is 1. The van der Waals surface area contributed by atoms with E-state index in [-0.39, 0.29) is 11.9 Å². The van der Waals surface area contributed by atoms with Crippen molar-refractivity contribution in [3.05, 3.63) is 24.3 Å². The Hall–Kier alpha value is -1.34. The molecule has 7 heteroatoms. The van der Waals surface area contributed by atoms with Crippen LogP contribution in [-0.2, 0) is 14.3 Å². The SMILES string of the molecule is CCOc1ccc(NC(=O)[C@@H](C)OC(=O)CCCC[C@H]2CCSS2)cc1. The highest BCUT2D eigenvalue weighted by atomic mass is 33.1. The van der Waals surface area contributed by atoms with Crippen LogP contribution in [0.3, 0.4) is 0 Å². The highest BCUT2D eigenvalue weighted by molar-refractivity contribution is 8.77. The first-order valence-corrected chi connectivity index (χ1v) is 11.5. The molecule has 1 aliphatic rings. The number of esters is 1. The molecule has 1 heterocycles. The summed E-state index contributed by atoms with van der Waals surface area (Å²) in [4.78, 5) is 24.0. The molecule has 0 bridgehead atoms. The molecule has 5 nitrogen and oxygen atoms in total. The zero-order chi connectivity index (χ0) is 18.8. The van der Waals surface area contributed by atoms with E-state index in [1.54, 1.807) is 31.2 Å². The van der Waals surface area contributed by atoms with E-state index in [1.807, 2.05) is 28.5 Å². The van der Waals surface area contributed by atoms with Crippen molar-refractivity contribution in [3.63, 3.8) is 0 Å². The van der Waals surface area contributed by atoms with Crippen molar-refractivity contribution in [3.8, 4) is 5.75 Å². The second kappa shape index (κ2) is 11.4. The van der Waals surface area contributed by atoms with Crippen LogP contribution in [0.25, 0.3) is 0 Å². The maximum atomic E-state index is 12.1. The Labute approximate surface area is 163 Å². The van der Waals surface area contributed by atoms with Crippen molar-refractivity contribution < 1.29 is 19.1 Å². The third-order valence-electron chi connectivity index (χ3n) is 3.99. The number of rotatable bonds is 10. The number of hydrogen-bond donors (Lipinski definition) is 1. The van der Waals surface area contributed by atoms with Crippen LogP contribution < -0.4 is 10.1 Å². The van der Waals surface area contributed by atoms with E-state index in [1.165, 1.54) is 12.2 Å². The minimum atomic E-state index is -0.809. The Morgan fingerprint density at radius 1 is 1.27 bits per heavy atom. The predicted octanol–water partition coefficient (Wildman–Crippen LogP) is 4.67. The molecule has 1 amide bonds. The number of benzene rings is 1. The van der Waals surface area contributed by atoms with Crippen molar-refractivity contribution in [1.82, 2.24) is 0 Å². The Morgan fingerprint density at radius 3 is 2.69 bits per heavy atom. The van der Waals surface area contributed by atoms with Gasteiger partial charge in [-0.3, -0.25) is 9.59 Å². The summed E-state index contributed by atoms with van der Waals surface area (Å²) in [5, 5.41) is 3.48. The number of hydrogen-bond acceptors (Lipinski definition) is 6. The molecule has 144 valence electrons. The lowest BCUT2D eigenvalue weighted by Gasteiger charge is -2.14. The van der Waals surface area contributed by atoms with Crippen molar-refractivity contribution in [2.45, 2.75) is 57.3 Å². The normalized spacial score (nSPS) is 17.5. The first-order valence-electron chi connectivity index (χ1n) is 9.10. The summed E-state index contributed by atoms with van der Waals surface area (Å²) in [5.41, 5.74) is 0.647. The molecule has 0 spiro atoms. The van der Waals surface area contributed by atoms with Crippen molar-refractivity contribution >= 4 is 39.2 Å². The summed E-state index contributed by atoms with van der Waals surface area (Å²) < 4.78 is 10.6. The van der Waals surface area contributed by atoms with Crippen molar-refractivity contribution in [2.24, 2.45) is 0 Å². The number of carbonyl (C=O) groups is 2. The number of anilines is 1. The lowest BCUT2D eigenvalue weighted by Crippen LogP contribution is -2.29. The number of ether oxygens (including phenoxy) is 2. The molecule has 1 N–H and O–H groups in total. The molecule has 1 aromatic rings. The van der Waals surface area contributed by atoms with Gasteiger partial charge in [0.15, 0.2) is 6.10 Å². The van der Waals surface area contributed by atoms with Gasteiger partial charge in [0, 0.05) is 23.1 Å². The zero-order valence-corrected chi connectivity index (χ0v) is 17.0. The van der Waals surface area contributed by atoms with Gasteiger partial charge in [-0.1, -0.05) is 28.0 Å². The van der Waals surface area contributed by atoms with Gasteiger partial charge in [-0.05, 0) is 57.4 Å². The van der Waals surface area contributed by atoms with Gasteiger partial charge < -0.3 is 14.8 Å². The van der Waals surface area contributed by atoms with Crippen LogP contribution in [0, 0.1) is 0 Å².